The van der Waals surface area contributed by atoms with Gasteiger partial charge in [-0.25, -0.2) is 4.98 Å². The van der Waals surface area contributed by atoms with E-state index in [1.54, 1.807) is 47.3 Å². The zero-order chi connectivity index (χ0) is 38.9. The summed E-state index contributed by atoms with van der Waals surface area (Å²) in [5, 5.41) is 24.3. The molecule has 0 saturated carbocycles. The van der Waals surface area contributed by atoms with Crippen LogP contribution in [0, 0.1) is 10.1 Å². The molecule has 16 heteroatoms. The van der Waals surface area contributed by atoms with Crippen molar-refractivity contribution in [3.63, 3.8) is 0 Å². The first kappa shape index (κ1) is 40.1. The van der Waals surface area contributed by atoms with E-state index in [0.717, 1.165) is 5.56 Å². The van der Waals surface area contributed by atoms with Crippen molar-refractivity contribution < 1.29 is 33.2 Å². The Bertz CT molecular complexity index is 1910. The maximum absolute atomic E-state index is 13.3. The zero-order valence-electron chi connectivity index (χ0n) is 32.2. The number of nitro benzene ring substituents is 1. The molecule has 0 spiro atoms. The summed E-state index contributed by atoms with van der Waals surface area (Å²) in [7, 11) is -4.84. The lowest BCUT2D eigenvalue weighted by Crippen LogP contribution is -2.53. The summed E-state index contributed by atoms with van der Waals surface area (Å²) < 4.78 is 28.7. The van der Waals surface area contributed by atoms with Crippen molar-refractivity contribution in [1.29, 1.82) is 0 Å². The van der Waals surface area contributed by atoms with Crippen molar-refractivity contribution >= 4 is 45.3 Å². The highest BCUT2D eigenvalue weighted by atomic mass is 28.4. The number of nitro groups is 1. The predicted octanol–water partition coefficient (Wildman–Crippen LogP) is 7.28. The molecule has 2 N–H and O–H groups in total. The van der Waals surface area contributed by atoms with Gasteiger partial charge in [0.05, 0.1) is 24.5 Å². The topological polar surface area (TPSA) is 173 Å². The highest BCUT2D eigenvalue weighted by Gasteiger charge is 2.54. The molecule has 3 heterocycles. The van der Waals surface area contributed by atoms with Gasteiger partial charge in [0.2, 0.25) is 11.8 Å². The Hall–Kier alpha value is -4.07. The molecule has 1 amide bonds. The molecule has 4 atom stereocenters. The molecule has 2 aromatic heterocycles. The number of aliphatic hydroxyl groups is 1. The van der Waals surface area contributed by atoms with Crippen molar-refractivity contribution in [3.8, 4) is 5.88 Å². The molecule has 0 radical (unpaired) electrons. The number of fused-ring (bicyclic) bond motifs is 1. The van der Waals surface area contributed by atoms with E-state index >= 15 is 0 Å². The van der Waals surface area contributed by atoms with Gasteiger partial charge in [0.25, 0.3) is 11.6 Å². The molecular formula is C37H52N6O8Si2. The molecular weight excluding hydrogens is 713 g/mol. The van der Waals surface area contributed by atoms with E-state index in [9.17, 15) is 20.0 Å². The van der Waals surface area contributed by atoms with Crippen LogP contribution < -0.4 is 10.1 Å². The molecule has 0 bridgehead atoms. The number of carbonyl (C=O) groups excluding carboxylic acids is 1. The van der Waals surface area contributed by atoms with Crippen LogP contribution in [-0.4, -0.2) is 83.6 Å². The molecule has 53 heavy (non-hydrogen) atoms. The average Bonchev–Trinajstić information content (AvgIpc) is 3.64. The third kappa shape index (κ3) is 8.84. The zero-order valence-corrected chi connectivity index (χ0v) is 34.2. The highest BCUT2D eigenvalue weighted by molar-refractivity contribution is 6.74. The van der Waals surface area contributed by atoms with Crippen LogP contribution in [0.1, 0.15) is 63.7 Å². The smallest absolute Gasteiger partial charge is 0.269 e. The van der Waals surface area contributed by atoms with E-state index in [1.807, 2.05) is 6.07 Å². The van der Waals surface area contributed by atoms with Crippen LogP contribution in [0.4, 0.5) is 11.6 Å². The first-order chi connectivity index (χ1) is 24.7. The highest BCUT2D eigenvalue weighted by Crippen LogP contribution is 2.46. The quantitative estimate of drug-likeness (QED) is 0.0796. The van der Waals surface area contributed by atoms with Crippen LogP contribution in [-0.2, 0) is 20.0 Å². The summed E-state index contributed by atoms with van der Waals surface area (Å²) in [6, 6.07) is 15.0. The first-order valence-corrected chi connectivity index (χ1v) is 23.6. The average molecular weight is 765 g/mol. The van der Waals surface area contributed by atoms with E-state index in [1.165, 1.54) is 12.1 Å². The molecule has 0 aliphatic carbocycles. The summed E-state index contributed by atoms with van der Waals surface area (Å²) in [4.78, 5) is 37.9. The SMILES string of the molecule is CC(C)(C)[Si](C)(C)O[C@@H]1[C@H](O[Si](C)(C)C(C)(C)C)[C@@H](CO)O[C@H]1n1cnc2c(OCCc3ccc([N+](=O)[O-])cc3)nc(NC(=O)c3ccccc3)nc21. The minimum Gasteiger partial charge on any atom is -0.476 e. The lowest BCUT2D eigenvalue weighted by molar-refractivity contribution is -0.384. The van der Waals surface area contributed by atoms with E-state index in [-0.39, 0.29) is 40.8 Å². The number of rotatable bonds is 13. The number of carbonyl (C=O) groups is 1. The van der Waals surface area contributed by atoms with E-state index in [0.29, 0.717) is 23.1 Å². The Labute approximate surface area is 312 Å². The lowest BCUT2D eigenvalue weighted by Gasteiger charge is -2.44. The Balaban J connectivity index is 1.57. The Morgan fingerprint density at radius 2 is 1.55 bits per heavy atom. The van der Waals surface area contributed by atoms with Crippen LogP contribution in [0.15, 0.2) is 60.9 Å². The number of nitrogens with one attached hydrogen (secondary N) is 1. The minimum atomic E-state index is -2.45. The van der Waals surface area contributed by atoms with Gasteiger partial charge in [-0.05, 0) is 54.0 Å². The Kier molecular flexibility index (Phi) is 11.6. The summed E-state index contributed by atoms with van der Waals surface area (Å²) in [6.45, 7) is 21.5. The second-order valence-electron chi connectivity index (χ2n) is 16.5. The van der Waals surface area contributed by atoms with Crippen LogP contribution >= 0.6 is 0 Å². The van der Waals surface area contributed by atoms with Gasteiger partial charge in [0.1, 0.15) is 18.3 Å². The summed E-state index contributed by atoms with van der Waals surface area (Å²) in [5.74, 6) is -0.287. The molecule has 1 saturated heterocycles. The maximum Gasteiger partial charge on any atom is 0.269 e. The van der Waals surface area contributed by atoms with Gasteiger partial charge < -0.3 is 23.4 Å². The number of imidazole rings is 1. The normalized spacial score (nSPS) is 19.8. The number of anilines is 1. The van der Waals surface area contributed by atoms with E-state index in [2.05, 4.69) is 83.0 Å². The number of benzene rings is 2. The van der Waals surface area contributed by atoms with Crippen LogP contribution in [0.5, 0.6) is 5.88 Å². The van der Waals surface area contributed by atoms with Gasteiger partial charge in [-0.3, -0.25) is 24.8 Å². The fourth-order valence-electron chi connectivity index (χ4n) is 5.43. The van der Waals surface area contributed by atoms with Gasteiger partial charge >= 0.3 is 0 Å². The minimum absolute atomic E-state index is 0.00174. The summed E-state index contributed by atoms with van der Waals surface area (Å²) in [5.41, 5.74) is 1.91. The van der Waals surface area contributed by atoms with Crippen molar-refractivity contribution in [1.82, 2.24) is 19.5 Å². The second kappa shape index (κ2) is 15.4. The molecule has 5 rings (SSSR count). The number of aliphatic hydroxyl groups excluding tert-OH is 1. The van der Waals surface area contributed by atoms with E-state index in [4.69, 9.17) is 23.3 Å². The molecule has 14 nitrogen and oxygen atoms in total. The third-order valence-electron chi connectivity index (χ3n) is 10.6. The van der Waals surface area contributed by atoms with Crippen molar-refractivity contribution in [2.24, 2.45) is 0 Å². The lowest BCUT2D eigenvalue weighted by atomic mass is 10.1. The number of aromatic nitrogens is 4. The molecule has 4 aromatic rings. The van der Waals surface area contributed by atoms with Gasteiger partial charge in [0, 0.05) is 24.1 Å². The van der Waals surface area contributed by atoms with Crippen molar-refractivity contribution in [2.45, 2.75) is 109 Å². The predicted molar refractivity (Wildman–Crippen MR) is 207 cm³/mol. The molecule has 286 valence electrons. The van der Waals surface area contributed by atoms with Crippen molar-refractivity contribution in [2.75, 3.05) is 18.5 Å². The largest absolute Gasteiger partial charge is 0.476 e. The number of hydrogen-bond donors (Lipinski definition) is 2. The van der Waals surface area contributed by atoms with Gasteiger partial charge in [-0.2, -0.15) is 9.97 Å². The third-order valence-corrected chi connectivity index (χ3v) is 19.6. The van der Waals surface area contributed by atoms with Gasteiger partial charge in [-0.15, -0.1) is 0 Å². The summed E-state index contributed by atoms with van der Waals surface area (Å²) in [6.07, 6.45) is -0.715. The van der Waals surface area contributed by atoms with Gasteiger partial charge in [-0.1, -0.05) is 71.9 Å². The maximum atomic E-state index is 13.3. The number of ether oxygens (including phenoxy) is 2. The fraction of sp³-hybridized carbons (Fsp3) is 0.514. The van der Waals surface area contributed by atoms with Crippen LogP contribution in [0.25, 0.3) is 11.2 Å². The van der Waals surface area contributed by atoms with Crippen molar-refractivity contribution in [3.05, 3.63) is 82.2 Å². The van der Waals surface area contributed by atoms with Crippen LogP contribution in [0.2, 0.25) is 36.3 Å². The first-order valence-electron chi connectivity index (χ1n) is 17.8. The monoisotopic (exact) mass is 764 g/mol. The molecule has 0 unspecified atom stereocenters. The second-order valence-corrected chi connectivity index (χ2v) is 26.0. The van der Waals surface area contributed by atoms with E-state index < -0.39 is 52.0 Å². The Morgan fingerprint density at radius 3 is 2.11 bits per heavy atom. The molecule has 2 aromatic carbocycles. The Morgan fingerprint density at radius 1 is 0.943 bits per heavy atom. The molecule has 1 aliphatic heterocycles. The molecule has 1 fully saturated rings. The number of amides is 1. The number of non-ortho nitro benzene ring substituents is 1. The fourth-order valence-corrected chi connectivity index (χ4v) is 8.03. The standard InChI is InChI=1S/C37H52N6O8Si2/c1-36(2,3)52(7,8)50-29-27(22-44)49-34(30(29)51-53(9,10)37(4,5)6)42-23-38-28-31(42)39-35(40-32(45)25-14-12-11-13-15-25)41-33(28)48-21-20-24-16-18-26(19-17-24)43(46)47/h11-19,23,27,29-30,34,44H,20-22H2,1-10H3,(H,39,40,41,45)/t27-,29-,30-,34-/m1/s1. The summed E-state index contributed by atoms with van der Waals surface area (Å²) >= 11 is 0. The number of hydrogen-bond acceptors (Lipinski definition) is 11. The molecule has 1 aliphatic rings. The van der Waals surface area contributed by atoms with Gasteiger partial charge in [0.15, 0.2) is 34.0 Å². The van der Waals surface area contributed by atoms with Crippen LogP contribution in [0.3, 0.4) is 0 Å². The number of nitrogens with zero attached hydrogens (tertiary/aromatic N) is 5.